The van der Waals surface area contributed by atoms with Crippen LogP contribution in [0.1, 0.15) is 23.2 Å². The van der Waals surface area contributed by atoms with Crippen molar-refractivity contribution in [3.05, 3.63) is 48.3 Å². The highest BCUT2D eigenvalue weighted by molar-refractivity contribution is 7.89. The SMILES string of the molecule is CNS(=O)(=O)c1ccc(Nc2ccncc2)c(C(=O)N2CCCC2)c1. The molecule has 1 fully saturated rings. The van der Waals surface area contributed by atoms with E-state index in [0.29, 0.717) is 24.3 Å². The number of likely N-dealkylation sites (tertiary alicyclic amines) is 1. The topological polar surface area (TPSA) is 91.4 Å². The van der Waals surface area contributed by atoms with Crippen molar-refractivity contribution in [3.8, 4) is 0 Å². The molecular formula is C17H20N4O3S. The van der Waals surface area contributed by atoms with Crippen molar-refractivity contribution in [2.24, 2.45) is 0 Å². The maximum absolute atomic E-state index is 12.9. The van der Waals surface area contributed by atoms with Crippen LogP contribution in [0.4, 0.5) is 11.4 Å². The lowest BCUT2D eigenvalue weighted by Crippen LogP contribution is -2.28. The van der Waals surface area contributed by atoms with E-state index in [1.165, 1.54) is 19.2 Å². The summed E-state index contributed by atoms with van der Waals surface area (Å²) in [5.41, 5.74) is 1.68. The number of hydrogen-bond acceptors (Lipinski definition) is 5. The first kappa shape index (κ1) is 17.4. The summed E-state index contributed by atoms with van der Waals surface area (Å²) in [5, 5.41) is 3.17. The Balaban J connectivity index is 2.02. The number of hydrogen-bond donors (Lipinski definition) is 2. The lowest BCUT2D eigenvalue weighted by molar-refractivity contribution is 0.0793. The molecule has 0 bridgehead atoms. The minimum atomic E-state index is -3.63. The van der Waals surface area contributed by atoms with Crippen molar-refractivity contribution in [3.63, 3.8) is 0 Å². The second kappa shape index (κ2) is 7.20. The molecular weight excluding hydrogens is 340 g/mol. The van der Waals surface area contributed by atoms with Gasteiger partial charge in [-0.25, -0.2) is 13.1 Å². The minimum absolute atomic E-state index is 0.0674. The summed E-state index contributed by atoms with van der Waals surface area (Å²) in [6.45, 7) is 1.38. The van der Waals surface area contributed by atoms with Gasteiger partial charge in [-0.2, -0.15) is 0 Å². The van der Waals surface area contributed by atoms with Gasteiger partial charge in [0.15, 0.2) is 0 Å². The zero-order valence-corrected chi connectivity index (χ0v) is 14.7. The maximum atomic E-state index is 12.9. The largest absolute Gasteiger partial charge is 0.355 e. The summed E-state index contributed by atoms with van der Waals surface area (Å²) >= 11 is 0. The summed E-state index contributed by atoms with van der Waals surface area (Å²) in [4.78, 5) is 18.7. The molecule has 0 atom stereocenters. The van der Waals surface area contributed by atoms with Crippen LogP contribution in [-0.4, -0.2) is 44.3 Å². The number of benzene rings is 1. The first-order valence-electron chi connectivity index (χ1n) is 8.05. The van der Waals surface area contributed by atoms with E-state index >= 15 is 0 Å². The van der Waals surface area contributed by atoms with Crippen molar-refractivity contribution in [1.82, 2.24) is 14.6 Å². The summed E-state index contributed by atoms with van der Waals surface area (Å²) < 4.78 is 26.5. The summed E-state index contributed by atoms with van der Waals surface area (Å²) in [5.74, 6) is -0.165. The molecule has 132 valence electrons. The van der Waals surface area contributed by atoms with Crippen LogP contribution in [0.5, 0.6) is 0 Å². The average molecular weight is 360 g/mol. The van der Waals surface area contributed by atoms with Crippen LogP contribution >= 0.6 is 0 Å². The number of rotatable bonds is 5. The summed E-state index contributed by atoms with van der Waals surface area (Å²) in [6, 6.07) is 8.09. The van der Waals surface area contributed by atoms with E-state index in [2.05, 4.69) is 15.0 Å². The second-order valence-corrected chi connectivity index (χ2v) is 7.66. The van der Waals surface area contributed by atoms with Gasteiger partial charge < -0.3 is 10.2 Å². The van der Waals surface area contributed by atoms with Gasteiger partial charge in [0, 0.05) is 31.2 Å². The Morgan fingerprint density at radius 2 is 1.80 bits per heavy atom. The molecule has 1 amide bonds. The molecule has 1 saturated heterocycles. The van der Waals surface area contributed by atoms with Crippen molar-refractivity contribution >= 4 is 27.3 Å². The van der Waals surface area contributed by atoms with Gasteiger partial charge in [0.05, 0.1) is 16.1 Å². The fourth-order valence-electron chi connectivity index (χ4n) is 2.78. The Labute approximate surface area is 147 Å². The molecule has 3 rings (SSSR count). The third-order valence-corrected chi connectivity index (χ3v) is 5.57. The number of anilines is 2. The molecule has 0 spiro atoms. The van der Waals surface area contributed by atoms with Gasteiger partial charge in [0.2, 0.25) is 10.0 Å². The van der Waals surface area contributed by atoms with E-state index in [4.69, 9.17) is 0 Å². The molecule has 8 heteroatoms. The fourth-order valence-corrected chi connectivity index (χ4v) is 3.53. The van der Waals surface area contributed by atoms with Crippen molar-refractivity contribution in [2.45, 2.75) is 17.7 Å². The Morgan fingerprint density at radius 1 is 1.12 bits per heavy atom. The van der Waals surface area contributed by atoms with Crippen molar-refractivity contribution in [2.75, 3.05) is 25.5 Å². The molecule has 1 aliphatic rings. The molecule has 2 aromatic rings. The smallest absolute Gasteiger partial charge is 0.256 e. The van der Waals surface area contributed by atoms with Gasteiger partial charge in [-0.3, -0.25) is 9.78 Å². The van der Waals surface area contributed by atoms with Crippen LogP contribution in [0.3, 0.4) is 0 Å². The van der Waals surface area contributed by atoms with Crippen molar-refractivity contribution < 1.29 is 13.2 Å². The Bertz CT molecular complexity index is 863. The van der Waals surface area contributed by atoms with Crippen LogP contribution in [0.2, 0.25) is 0 Å². The lowest BCUT2D eigenvalue weighted by atomic mass is 10.1. The highest BCUT2D eigenvalue weighted by Gasteiger charge is 2.24. The number of nitrogens with zero attached hydrogens (tertiary/aromatic N) is 2. The second-order valence-electron chi connectivity index (χ2n) is 5.78. The number of nitrogens with one attached hydrogen (secondary N) is 2. The van der Waals surface area contributed by atoms with Gasteiger partial charge in [-0.05, 0) is 50.2 Å². The third kappa shape index (κ3) is 3.80. The third-order valence-electron chi connectivity index (χ3n) is 4.15. The highest BCUT2D eigenvalue weighted by atomic mass is 32.2. The van der Waals surface area contributed by atoms with Gasteiger partial charge in [0.25, 0.3) is 5.91 Å². The van der Waals surface area contributed by atoms with Crippen LogP contribution in [0, 0.1) is 0 Å². The standard InChI is InChI=1S/C17H20N4O3S/c1-18-25(23,24)14-4-5-16(20-13-6-8-19-9-7-13)15(12-14)17(22)21-10-2-3-11-21/h4-9,12,18H,2-3,10-11H2,1H3,(H,19,20). The van der Waals surface area contributed by atoms with Crippen molar-refractivity contribution in [1.29, 1.82) is 0 Å². The van der Waals surface area contributed by atoms with Gasteiger partial charge in [-0.1, -0.05) is 0 Å². The molecule has 1 aromatic carbocycles. The first-order chi connectivity index (χ1) is 12.0. The van der Waals surface area contributed by atoms with Crippen LogP contribution in [-0.2, 0) is 10.0 Å². The molecule has 2 N–H and O–H groups in total. The Hall–Kier alpha value is -2.45. The zero-order chi connectivity index (χ0) is 17.9. The molecule has 0 unspecified atom stereocenters. The first-order valence-corrected chi connectivity index (χ1v) is 9.53. The molecule has 2 heterocycles. The van der Waals surface area contributed by atoms with E-state index in [9.17, 15) is 13.2 Å². The fraction of sp³-hybridized carbons (Fsp3) is 0.294. The van der Waals surface area contributed by atoms with Crippen LogP contribution in [0.15, 0.2) is 47.6 Å². The number of carbonyl (C=O) groups excluding carboxylic acids is 1. The molecule has 25 heavy (non-hydrogen) atoms. The molecule has 0 aliphatic carbocycles. The summed E-state index contributed by atoms with van der Waals surface area (Å²) in [6.07, 6.45) is 5.22. The Kier molecular flexibility index (Phi) is 5.00. The maximum Gasteiger partial charge on any atom is 0.256 e. The van der Waals surface area contributed by atoms with Gasteiger partial charge >= 0.3 is 0 Å². The predicted octanol–water partition coefficient (Wildman–Crippen LogP) is 1.97. The van der Waals surface area contributed by atoms with Crippen LogP contribution in [0.25, 0.3) is 0 Å². The van der Waals surface area contributed by atoms with Gasteiger partial charge in [0.1, 0.15) is 0 Å². The number of carbonyl (C=O) groups is 1. The lowest BCUT2D eigenvalue weighted by Gasteiger charge is -2.19. The van der Waals surface area contributed by atoms with E-state index in [1.807, 2.05) is 0 Å². The molecule has 1 aromatic heterocycles. The zero-order valence-electron chi connectivity index (χ0n) is 13.9. The number of aromatic nitrogens is 1. The monoisotopic (exact) mass is 360 g/mol. The summed E-state index contributed by atoms with van der Waals surface area (Å²) in [7, 11) is -2.28. The van der Waals surface area contributed by atoms with Crippen LogP contribution < -0.4 is 10.0 Å². The number of sulfonamides is 1. The van der Waals surface area contributed by atoms with E-state index in [-0.39, 0.29) is 10.8 Å². The minimum Gasteiger partial charge on any atom is -0.355 e. The predicted molar refractivity (Wildman–Crippen MR) is 95.3 cm³/mol. The molecule has 0 saturated carbocycles. The number of pyridine rings is 1. The Morgan fingerprint density at radius 3 is 2.44 bits per heavy atom. The highest BCUT2D eigenvalue weighted by Crippen LogP contribution is 2.26. The van der Waals surface area contributed by atoms with Gasteiger partial charge in [-0.15, -0.1) is 0 Å². The van der Waals surface area contributed by atoms with E-state index in [1.54, 1.807) is 35.5 Å². The quantitative estimate of drug-likeness (QED) is 0.851. The molecule has 1 aliphatic heterocycles. The molecule has 7 nitrogen and oxygen atoms in total. The average Bonchev–Trinajstić information content (AvgIpc) is 3.17. The normalized spacial score (nSPS) is 14.5. The molecule has 0 radical (unpaired) electrons. The van der Waals surface area contributed by atoms with E-state index in [0.717, 1.165) is 18.5 Å². The number of amides is 1. The van der Waals surface area contributed by atoms with E-state index < -0.39 is 10.0 Å².